The van der Waals surface area contributed by atoms with Crippen LogP contribution in [0.3, 0.4) is 0 Å². The maximum absolute atomic E-state index is 12.8. The van der Waals surface area contributed by atoms with E-state index in [0.717, 1.165) is 29.9 Å². The minimum Gasteiger partial charge on any atom is -0.380 e. The Bertz CT molecular complexity index is 634. The van der Waals surface area contributed by atoms with Gasteiger partial charge in [0.2, 0.25) is 0 Å². The molecule has 3 nitrogen and oxygen atoms in total. The molecule has 1 unspecified atom stereocenters. The van der Waals surface area contributed by atoms with Gasteiger partial charge >= 0.3 is 6.18 Å². The van der Waals surface area contributed by atoms with Gasteiger partial charge in [-0.2, -0.15) is 13.2 Å². The van der Waals surface area contributed by atoms with Crippen molar-refractivity contribution in [3.8, 4) is 0 Å². The second-order valence-corrected chi connectivity index (χ2v) is 5.33. The zero-order valence-corrected chi connectivity index (χ0v) is 13.1. The van der Waals surface area contributed by atoms with Crippen LogP contribution in [0, 0.1) is 0 Å². The fourth-order valence-corrected chi connectivity index (χ4v) is 2.42. The van der Waals surface area contributed by atoms with Crippen molar-refractivity contribution in [2.45, 2.75) is 45.8 Å². The second-order valence-electron chi connectivity index (χ2n) is 5.33. The van der Waals surface area contributed by atoms with Gasteiger partial charge in [0.1, 0.15) is 5.82 Å². The van der Waals surface area contributed by atoms with Gasteiger partial charge in [0.05, 0.1) is 23.2 Å². The lowest BCUT2D eigenvalue weighted by Crippen LogP contribution is -2.11. The average molecular weight is 314 g/mol. The molecule has 1 aromatic carbocycles. The summed E-state index contributed by atoms with van der Waals surface area (Å²) in [5, 5.41) is 0. The summed E-state index contributed by atoms with van der Waals surface area (Å²) >= 11 is 0. The van der Waals surface area contributed by atoms with Crippen molar-refractivity contribution in [2.75, 3.05) is 13.2 Å². The van der Waals surface area contributed by atoms with E-state index in [-0.39, 0.29) is 5.92 Å². The summed E-state index contributed by atoms with van der Waals surface area (Å²) in [6, 6.07) is 3.74. The van der Waals surface area contributed by atoms with Crippen LogP contribution in [-0.2, 0) is 17.5 Å². The number of ether oxygens (including phenoxy) is 1. The molecule has 6 heteroatoms. The van der Waals surface area contributed by atoms with E-state index in [4.69, 9.17) is 4.74 Å². The topological polar surface area (TPSA) is 27.1 Å². The van der Waals surface area contributed by atoms with Crippen molar-refractivity contribution < 1.29 is 17.9 Å². The van der Waals surface area contributed by atoms with Gasteiger partial charge < -0.3 is 9.30 Å². The van der Waals surface area contributed by atoms with Crippen molar-refractivity contribution in [1.82, 2.24) is 9.55 Å². The highest BCUT2D eigenvalue weighted by molar-refractivity contribution is 5.77. The molecule has 0 bridgehead atoms. The number of hydrogen-bond donors (Lipinski definition) is 0. The Labute approximate surface area is 128 Å². The van der Waals surface area contributed by atoms with Crippen molar-refractivity contribution in [3.63, 3.8) is 0 Å². The van der Waals surface area contributed by atoms with Crippen LogP contribution in [-0.4, -0.2) is 22.8 Å². The van der Waals surface area contributed by atoms with Crippen molar-refractivity contribution in [1.29, 1.82) is 0 Å². The Balaban J connectivity index is 2.48. The first-order valence-electron chi connectivity index (χ1n) is 7.53. The molecule has 0 N–H and O–H groups in total. The monoisotopic (exact) mass is 314 g/mol. The Morgan fingerprint density at radius 2 is 2.00 bits per heavy atom. The molecule has 0 saturated carbocycles. The van der Waals surface area contributed by atoms with Crippen molar-refractivity contribution in [2.24, 2.45) is 0 Å². The molecule has 1 aromatic heterocycles. The van der Waals surface area contributed by atoms with Gasteiger partial charge in [-0.1, -0.05) is 13.8 Å². The summed E-state index contributed by atoms with van der Waals surface area (Å²) < 4.78 is 45.9. The number of halogens is 3. The standard InChI is InChI=1S/C16H21F3N2O/c1-4-11(3)15-20-13-10-12(16(17,18)19)6-7-14(13)21(15)8-9-22-5-2/h6-7,10-11H,4-5,8-9H2,1-3H3. The number of fused-ring (bicyclic) bond motifs is 1. The van der Waals surface area contributed by atoms with Gasteiger partial charge in [0, 0.05) is 19.1 Å². The van der Waals surface area contributed by atoms with Gasteiger partial charge in [0.15, 0.2) is 0 Å². The maximum Gasteiger partial charge on any atom is 0.416 e. The number of nitrogens with zero attached hydrogens (tertiary/aromatic N) is 2. The van der Waals surface area contributed by atoms with Crippen molar-refractivity contribution >= 4 is 11.0 Å². The number of alkyl halides is 3. The van der Waals surface area contributed by atoms with E-state index in [0.29, 0.717) is 25.3 Å². The van der Waals surface area contributed by atoms with Crippen LogP contribution in [0.1, 0.15) is 44.5 Å². The summed E-state index contributed by atoms with van der Waals surface area (Å²) in [5.74, 6) is 1.000. The smallest absolute Gasteiger partial charge is 0.380 e. The summed E-state index contributed by atoms with van der Waals surface area (Å²) in [6.45, 7) is 7.71. The fourth-order valence-electron chi connectivity index (χ4n) is 2.42. The molecule has 0 fully saturated rings. The Morgan fingerprint density at radius 1 is 1.27 bits per heavy atom. The molecule has 1 atom stereocenters. The molecule has 0 saturated heterocycles. The lowest BCUT2D eigenvalue weighted by molar-refractivity contribution is -0.137. The van der Waals surface area contributed by atoms with Gasteiger partial charge in [-0.3, -0.25) is 0 Å². The number of rotatable bonds is 6. The summed E-state index contributed by atoms with van der Waals surface area (Å²) in [6.07, 6.45) is -3.47. The van der Waals surface area contributed by atoms with E-state index < -0.39 is 11.7 Å². The quantitative estimate of drug-likeness (QED) is 0.728. The average Bonchev–Trinajstić information content (AvgIpc) is 2.84. The second kappa shape index (κ2) is 6.69. The molecule has 22 heavy (non-hydrogen) atoms. The molecule has 0 aliphatic rings. The molecule has 2 aromatic rings. The van der Waals surface area contributed by atoms with E-state index in [1.165, 1.54) is 6.07 Å². The van der Waals surface area contributed by atoms with E-state index in [2.05, 4.69) is 4.98 Å². The van der Waals surface area contributed by atoms with Crippen LogP contribution in [0.5, 0.6) is 0 Å². The normalized spacial score (nSPS) is 13.7. The minimum atomic E-state index is -4.35. The lowest BCUT2D eigenvalue weighted by atomic mass is 10.1. The summed E-state index contributed by atoms with van der Waals surface area (Å²) in [7, 11) is 0. The SMILES string of the molecule is CCOCCn1c(C(C)CC)nc2cc(C(F)(F)F)ccc21. The Kier molecular flexibility index (Phi) is 5.11. The maximum atomic E-state index is 12.8. The van der Waals surface area contributed by atoms with Crippen LogP contribution >= 0.6 is 0 Å². The third kappa shape index (κ3) is 3.43. The van der Waals surface area contributed by atoms with Crippen molar-refractivity contribution in [3.05, 3.63) is 29.6 Å². The zero-order chi connectivity index (χ0) is 16.3. The highest BCUT2D eigenvalue weighted by Gasteiger charge is 2.31. The van der Waals surface area contributed by atoms with E-state index in [1.54, 1.807) is 0 Å². The third-order valence-corrected chi connectivity index (χ3v) is 3.82. The third-order valence-electron chi connectivity index (χ3n) is 3.82. The lowest BCUT2D eigenvalue weighted by Gasteiger charge is -2.13. The van der Waals surface area contributed by atoms with Gasteiger partial charge in [-0.05, 0) is 31.5 Å². The van der Waals surface area contributed by atoms with Gasteiger partial charge in [-0.25, -0.2) is 4.98 Å². The highest BCUT2D eigenvalue weighted by Crippen LogP contribution is 2.32. The van der Waals surface area contributed by atoms with E-state index in [9.17, 15) is 13.2 Å². The Morgan fingerprint density at radius 3 is 2.59 bits per heavy atom. The highest BCUT2D eigenvalue weighted by atomic mass is 19.4. The first-order valence-corrected chi connectivity index (χ1v) is 7.53. The van der Waals surface area contributed by atoms with Crippen LogP contribution < -0.4 is 0 Å². The number of imidazole rings is 1. The Hall–Kier alpha value is -1.56. The molecule has 0 radical (unpaired) electrons. The first-order chi connectivity index (χ1) is 10.4. The van der Waals surface area contributed by atoms with Gasteiger partial charge in [-0.15, -0.1) is 0 Å². The zero-order valence-electron chi connectivity index (χ0n) is 13.1. The van der Waals surface area contributed by atoms with Crippen LogP contribution in [0.25, 0.3) is 11.0 Å². The molecule has 0 aliphatic carbocycles. The molecular weight excluding hydrogens is 293 g/mol. The largest absolute Gasteiger partial charge is 0.416 e. The molecule has 0 spiro atoms. The molecule has 0 amide bonds. The number of hydrogen-bond acceptors (Lipinski definition) is 2. The van der Waals surface area contributed by atoms with Gasteiger partial charge in [0.25, 0.3) is 0 Å². The minimum absolute atomic E-state index is 0.184. The molecule has 0 aliphatic heterocycles. The van der Waals surface area contributed by atoms with E-state index >= 15 is 0 Å². The predicted octanol–water partition coefficient (Wildman–Crippen LogP) is 4.61. The molecule has 2 rings (SSSR count). The molecule has 122 valence electrons. The van der Waals surface area contributed by atoms with E-state index in [1.807, 2.05) is 25.3 Å². The molecular formula is C16H21F3N2O. The summed E-state index contributed by atoms with van der Waals surface area (Å²) in [5.41, 5.74) is 0.454. The van der Waals surface area contributed by atoms with Crippen LogP contribution in [0.4, 0.5) is 13.2 Å². The first kappa shape index (κ1) is 16.8. The fraction of sp³-hybridized carbons (Fsp3) is 0.562. The predicted molar refractivity (Wildman–Crippen MR) is 79.9 cm³/mol. The number of benzene rings is 1. The van der Waals surface area contributed by atoms with Crippen LogP contribution in [0.15, 0.2) is 18.2 Å². The van der Waals surface area contributed by atoms with Crippen LogP contribution in [0.2, 0.25) is 0 Å². The molecule has 1 heterocycles. The summed E-state index contributed by atoms with van der Waals surface area (Å²) in [4.78, 5) is 4.44. The number of aromatic nitrogens is 2.